The van der Waals surface area contributed by atoms with Crippen molar-refractivity contribution in [3.05, 3.63) is 23.2 Å². The molecule has 7 heteroatoms. The molecule has 0 saturated carbocycles. The third-order valence-corrected chi connectivity index (χ3v) is 5.02. The minimum absolute atomic E-state index is 0.0535. The van der Waals surface area contributed by atoms with Crippen LogP contribution >= 0.6 is 11.6 Å². The quantitative estimate of drug-likeness (QED) is 0.802. The number of benzene rings is 1. The van der Waals surface area contributed by atoms with E-state index in [4.69, 9.17) is 22.1 Å². The van der Waals surface area contributed by atoms with Gasteiger partial charge in [0.1, 0.15) is 10.6 Å². The van der Waals surface area contributed by atoms with Crippen LogP contribution in [0.5, 0.6) is 5.75 Å². The number of nitrogens with one attached hydrogen (secondary N) is 1. The van der Waals surface area contributed by atoms with E-state index in [1.165, 1.54) is 25.3 Å². The molecule has 0 aliphatic carbocycles. The molecular weight excluding hydrogens is 312 g/mol. The molecule has 0 spiro atoms. The lowest BCUT2D eigenvalue weighted by molar-refractivity contribution is 0.343. The highest BCUT2D eigenvalue weighted by Gasteiger charge is 2.31. The van der Waals surface area contributed by atoms with Crippen molar-refractivity contribution >= 4 is 21.6 Å². The van der Waals surface area contributed by atoms with Gasteiger partial charge >= 0.3 is 0 Å². The lowest BCUT2D eigenvalue weighted by Crippen LogP contribution is -2.52. The van der Waals surface area contributed by atoms with E-state index in [0.29, 0.717) is 17.4 Å². The van der Waals surface area contributed by atoms with Crippen LogP contribution in [-0.2, 0) is 10.0 Å². The summed E-state index contributed by atoms with van der Waals surface area (Å²) in [5.41, 5.74) is 5.05. The average molecular weight is 335 g/mol. The second-order valence-electron chi connectivity index (χ2n) is 5.76. The summed E-state index contributed by atoms with van der Waals surface area (Å²) in [6, 6.07) is 4.41. The van der Waals surface area contributed by atoms with Crippen LogP contribution in [0, 0.1) is 5.92 Å². The molecule has 0 heterocycles. The van der Waals surface area contributed by atoms with Gasteiger partial charge in [0.25, 0.3) is 0 Å². The van der Waals surface area contributed by atoms with Crippen LogP contribution in [0.4, 0.5) is 0 Å². The Hall–Kier alpha value is -0.820. The van der Waals surface area contributed by atoms with E-state index < -0.39 is 15.6 Å². The summed E-state index contributed by atoms with van der Waals surface area (Å²) >= 11 is 5.86. The predicted octanol–water partition coefficient (Wildman–Crippen LogP) is 2.39. The Balaban J connectivity index is 3.17. The molecule has 0 radical (unpaired) electrons. The number of nitrogens with two attached hydrogens (primary N) is 1. The van der Waals surface area contributed by atoms with Crippen LogP contribution < -0.4 is 15.2 Å². The zero-order chi connectivity index (χ0) is 16.3. The number of rotatable bonds is 7. The zero-order valence-electron chi connectivity index (χ0n) is 12.8. The van der Waals surface area contributed by atoms with Crippen molar-refractivity contribution in [2.24, 2.45) is 11.7 Å². The van der Waals surface area contributed by atoms with Crippen LogP contribution in [0.1, 0.15) is 27.2 Å². The van der Waals surface area contributed by atoms with Crippen molar-refractivity contribution in [1.82, 2.24) is 4.72 Å². The Kier molecular flexibility index (Phi) is 6.04. The summed E-state index contributed by atoms with van der Waals surface area (Å²) in [6.07, 6.45) is 0.638. The van der Waals surface area contributed by atoms with E-state index >= 15 is 0 Å². The lowest BCUT2D eigenvalue weighted by Gasteiger charge is -2.31. The maximum Gasteiger partial charge on any atom is 0.244 e. The lowest BCUT2D eigenvalue weighted by atomic mass is 9.92. The standard InChI is InChI=1S/C14H23ClN2O3S/c1-10(2)8-14(3,9-16)17-21(18,19)13-6-5-11(15)7-12(13)20-4/h5-7,10,17H,8-9,16H2,1-4H3. The van der Waals surface area contributed by atoms with Crippen molar-refractivity contribution in [1.29, 1.82) is 0 Å². The molecule has 0 amide bonds. The first kappa shape index (κ1) is 18.2. The Morgan fingerprint density at radius 2 is 2.05 bits per heavy atom. The summed E-state index contributed by atoms with van der Waals surface area (Å²) in [5.74, 6) is 0.521. The highest BCUT2D eigenvalue weighted by Crippen LogP contribution is 2.28. The van der Waals surface area contributed by atoms with Gasteiger partial charge in [-0.3, -0.25) is 0 Å². The molecule has 5 nitrogen and oxygen atoms in total. The molecule has 1 unspecified atom stereocenters. The number of sulfonamides is 1. The largest absolute Gasteiger partial charge is 0.495 e. The molecule has 1 atom stereocenters. The highest BCUT2D eigenvalue weighted by atomic mass is 35.5. The molecule has 1 aromatic carbocycles. The van der Waals surface area contributed by atoms with Crippen LogP contribution in [0.2, 0.25) is 5.02 Å². The van der Waals surface area contributed by atoms with E-state index in [1.807, 2.05) is 13.8 Å². The minimum atomic E-state index is -3.75. The second-order valence-corrected chi connectivity index (χ2v) is 7.85. The first-order valence-corrected chi connectivity index (χ1v) is 8.57. The summed E-state index contributed by atoms with van der Waals surface area (Å²) in [4.78, 5) is 0.0535. The first-order chi connectivity index (χ1) is 9.63. The first-order valence-electron chi connectivity index (χ1n) is 6.71. The molecule has 0 bridgehead atoms. The highest BCUT2D eigenvalue weighted by molar-refractivity contribution is 7.89. The minimum Gasteiger partial charge on any atom is -0.495 e. The Morgan fingerprint density at radius 1 is 1.43 bits per heavy atom. The van der Waals surface area contributed by atoms with Crippen LogP contribution in [0.25, 0.3) is 0 Å². The Labute approximate surface area is 131 Å². The van der Waals surface area contributed by atoms with Gasteiger partial charge < -0.3 is 10.5 Å². The molecule has 1 aromatic rings. The van der Waals surface area contributed by atoms with E-state index in [2.05, 4.69) is 4.72 Å². The van der Waals surface area contributed by atoms with Crippen molar-refractivity contribution in [3.8, 4) is 5.75 Å². The van der Waals surface area contributed by atoms with E-state index in [9.17, 15) is 8.42 Å². The molecule has 3 N–H and O–H groups in total. The fourth-order valence-corrected chi connectivity index (χ4v) is 4.05. The molecule has 0 aliphatic rings. The summed E-state index contributed by atoms with van der Waals surface area (Å²) < 4.78 is 33.0. The fraction of sp³-hybridized carbons (Fsp3) is 0.571. The van der Waals surface area contributed by atoms with Gasteiger partial charge in [0, 0.05) is 23.2 Å². The van der Waals surface area contributed by atoms with E-state index in [0.717, 1.165) is 0 Å². The monoisotopic (exact) mass is 334 g/mol. The van der Waals surface area contributed by atoms with Gasteiger partial charge in [-0.15, -0.1) is 0 Å². The normalized spacial score (nSPS) is 15.0. The summed E-state index contributed by atoms with van der Waals surface area (Å²) in [5, 5.41) is 0.412. The molecule has 21 heavy (non-hydrogen) atoms. The van der Waals surface area contributed by atoms with Gasteiger partial charge in [0.15, 0.2) is 0 Å². The second kappa shape index (κ2) is 6.96. The molecule has 0 aromatic heterocycles. The van der Waals surface area contributed by atoms with Crippen molar-refractivity contribution in [2.75, 3.05) is 13.7 Å². The van der Waals surface area contributed by atoms with Crippen LogP contribution in [0.15, 0.2) is 23.1 Å². The van der Waals surface area contributed by atoms with Gasteiger partial charge in [0.05, 0.1) is 7.11 Å². The molecule has 1 rings (SSSR count). The molecule has 120 valence electrons. The molecular formula is C14H23ClN2O3S. The van der Waals surface area contributed by atoms with Gasteiger partial charge in [-0.05, 0) is 31.4 Å². The van der Waals surface area contributed by atoms with Crippen molar-refractivity contribution in [3.63, 3.8) is 0 Å². The Morgan fingerprint density at radius 3 is 2.52 bits per heavy atom. The number of methoxy groups -OCH3 is 1. The van der Waals surface area contributed by atoms with Gasteiger partial charge in [-0.2, -0.15) is 0 Å². The third kappa shape index (κ3) is 4.85. The molecule has 0 saturated heterocycles. The third-order valence-electron chi connectivity index (χ3n) is 3.11. The van der Waals surface area contributed by atoms with Crippen molar-refractivity contribution in [2.45, 2.75) is 37.6 Å². The smallest absolute Gasteiger partial charge is 0.244 e. The average Bonchev–Trinajstić information content (AvgIpc) is 2.36. The molecule has 0 fully saturated rings. The number of halogens is 1. The maximum atomic E-state index is 12.6. The predicted molar refractivity (Wildman–Crippen MR) is 85.2 cm³/mol. The van der Waals surface area contributed by atoms with Gasteiger partial charge in [-0.1, -0.05) is 25.4 Å². The van der Waals surface area contributed by atoms with Crippen LogP contribution in [-0.4, -0.2) is 27.6 Å². The Bertz CT molecular complexity index is 590. The van der Waals surface area contributed by atoms with Gasteiger partial charge in [0.2, 0.25) is 10.0 Å². The summed E-state index contributed by atoms with van der Waals surface area (Å²) in [6.45, 7) is 6.05. The van der Waals surface area contributed by atoms with Gasteiger partial charge in [-0.25, -0.2) is 13.1 Å². The summed E-state index contributed by atoms with van der Waals surface area (Å²) in [7, 11) is -2.35. The topological polar surface area (TPSA) is 81.4 Å². The van der Waals surface area contributed by atoms with E-state index in [1.54, 1.807) is 6.92 Å². The fourth-order valence-electron chi connectivity index (χ4n) is 2.31. The maximum absolute atomic E-state index is 12.6. The van der Waals surface area contributed by atoms with Crippen molar-refractivity contribution < 1.29 is 13.2 Å². The number of ether oxygens (including phenoxy) is 1. The molecule has 0 aliphatic heterocycles. The van der Waals surface area contributed by atoms with E-state index in [-0.39, 0.29) is 17.2 Å². The number of hydrogen-bond donors (Lipinski definition) is 2. The van der Waals surface area contributed by atoms with Crippen LogP contribution in [0.3, 0.4) is 0 Å². The SMILES string of the molecule is COc1cc(Cl)ccc1S(=O)(=O)NC(C)(CN)CC(C)C. The number of hydrogen-bond acceptors (Lipinski definition) is 4. The zero-order valence-corrected chi connectivity index (χ0v) is 14.4.